The standard InChI is InChI=1S/C11H16BrNOS/c1-11(2,13)5-3-8(14)7-10-9(12)4-6-15-10/h4,6H,3,5,7,13H2,1-2H3. The second-order valence-corrected chi connectivity index (χ2v) is 6.25. The molecule has 0 aliphatic carbocycles. The maximum absolute atomic E-state index is 11.6. The van der Waals surface area contributed by atoms with Crippen molar-refractivity contribution >= 4 is 33.0 Å². The van der Waals surface area contributed by atoms with Crippen LogP contribution < -0.4 is 5.73 Å². The highest BCUT2D eigenvalue weighted by Crippen LogP contribution is 2.24. The molecule has 0 bridgehead atoms. The summed E-state index contributed by atoms with van der Waals surface area (Å²) < 4.78 is 1.04. The summed E-state index contributed by atoms with van der Waals surface area (Å²) in [5, 5.41) is 1.99. The smallest absolute Gasteiger partial charge is 0.138 e. The average molecular weight is 290 g/mol. The second-order valence-electron chi connectivity index (χ2n) is 4.40. The average Bonchev–Trinajstić information content (AvgIpc) is 2.47. The summed E-state index contributed by atoms with van der Waals surface area (Å²) in [5.74, 6) is 0.261. The van der Waals surface area contributed by atoms with Crippen LogP contribution in [0.3, 0.4) is 0 Å². The molecule has 0 amide bonds. The summed E-state index contributed by atoms with van der Waals surface area (Å²) in [4.78, 5) is 12.7. The van der Waals surface area contributed by atoms with Crippen molar-refractivity contribution in [2.45, 2.75) is 38.6 Å². The molecule has 0 saturated carbocycles. The third-order valence-electron chi connectivity index (χ3n) is 2.10. The Morgan fingerprint density at radius 1 is 1.60 bits per heavy atom. The fourth-order valence-electron chi connectivity index (χ4n) is 1.18. The van der Waals surface area contributed by atoms with E-state index in [9.17, 15) is 4.79 Å². The first-order valence-corrected chi connectivity index (χ1v) is 6.58. The number of carbonyl (C=O) groups excluding carboxylic acids is 1. The van der Waals surface area contributed by atoms with Gasteiger partial charge < -0.3 is 5.73 Å². The van der Waals surface area contributed by atoms with Crippen molar-refractivity contribution in [2.24, 2.45) is 5.73 Å². The van der Waals surface area contributed by atoms with Gasteiger partial charge in [-0.05, 0) is 47.6 Å². The van der Waals surface area contributed by atoms with E-state index in [0.717, 1.165) is 15.8 Å². The van der Waals surface area contributed by atoms with Crippen molar-refractivity contribution in [1.29, 1.82) is 0 Å². The summed E-state index contributed by atoms with van der Waals surface area (Å²) in [6.07, 6.45) is 1.83. The number of carbonyl (C=O) groups is 1. The van der Waals surface area contributed by atoms with E-state index in [1.54, 1.807) is 11.3 Å². The molecule has 0 aliphatic heterocycles. The van der Waals surface area contributed by atoms with Gasteiger partial charge in [0, 0.05) is 27.7 Å². The molecule has 1 aromatic heterocycles. The monoisotopic (exact) mass is 289 g/mol. The zero-order valence-corrected chi connectivity index (χ0v) is 11.5. The number of hydrogen-bond acceptors (Lipinski definition) is 3. The molecule has 0 spiro atoms. The molecule has 1 rings (SSSR count). The van der Waals surface area contributed by atoms with Gasteiger partial charge in [-0.1, -0.05) is 0 Å². The zero-order valence-electron chi connectivity index (χ0n) is 9.05. The lowest BCUT2D eigenvalue weighted by molar-refractivity contribution is -0.118. The number of rotatable bonds is 5. The largest absolute Gasteiger partial charge is 0.326 e. The number of halogens is 1. The van der Waals surface area contributed by atoms with Gasteiger partial charge in [0.1, 0.15) is 5.78 Å². The maximum Gasteiger partial charge on any atom is 0.138 e. The zero-order chi connectivity index (χ0) is 11.5. The molecule has 4 heteroatoms. The quantitative estimate of drug-likeness (QED) is 0.905. The Morgan fingerprint density at radius 3 is 2.73 bits per heavy atom. The SMILES string of the molecule is CC(C)(N)CCC(=O)Cc1sccc1Br. The maximum atomic E-state index is 11.6. The van der Waals surface area contributed by atoms with E-state index in [0.29, 0.717) is 12.8 Å². The topological polar surface area (TPSA) is 43.1 Å². The minimum absolute atomic E-state index is 0.248. The van der Waals surface area contributed by atoms with Crippen LogP contribution in [0.4, 0.5) is 0 Å². The molecular weight excluding hydrogens is 274 g/mol. The van der Waals surface area contributed by atoms with Crippen LogP contribution in [0.2, 0.25) is 0 Å². The molecule has 84 valence electrons. The van der Waals surface area contributed by atoms with Crippen molar-refractivity contribution in [1.82, 2.24) is 0 Å². The summed E-state index contributed by atoms with van der Waals surface area (Å²) >= 11 is 5.03. The molecule has 15 heavy (non-hydrogen) atoms. The van der Waals surface area contributed by atoms with Gasteiger partial charge in [-0.2, -0.15) is 0 Å². The predicted molar refractivity (Wildman–Crippen MR) is 68.2 cm³/mol. The molecule has 0 unspecified atom stereocenters. The van der Waals surface area contributed by atoms with Crippen LogP contribution in [0.15, 0.2) is 15.9 Å². The van der Waals surface area contributed by atoms with E-state index >= 15 is 0 Å². The first-order chi connectivity index (χ1) is 6.88. The van der Waals surface area contributed by atoms with E-state index in [4.69, 9.17) is 5.73 Å². The molecule has 0 atom stereocenters. The van der Waals surface area contributed by atoms with Crippen LogP contribution in [0, 0.1) is 0 Å². The van der Waals surface area contributed by atoms with Crippen LogP contribution in [-0.4, -0.2) is 11.3 Å². The Bertz CT molecular complexity index is 341. The fourth-order valence-corrected chi connectivity index (χ4v) is 2.70. The van der Waals surface area contributed by atoms with Crippen LogP contribution in [-0.2, 0) is 11.2 Å². The highest BCUT2D eigenvalue weighted by Gasteiger charge is 2.14. The van der Waals surface area contributed by atoms with Crippen LogP contribution in [0.1, 0.15) is 31.6 Å². The minimum atomic E-state index is -0.248. The van der Waals surface area contributed by atoms with Crippen LogP contribution in [0.25, 0.3) is 0 Å². The van der Waals surface area contributed by atoms with Gasteiger partial charge in [-0.15, -0.1) is 11.3 Å². The molecular formula is C11H16BrNOS. The second kappa shape index (κ2) is 5.23. The molecule has 1 heterocycles. The predicted octanol–water partition coefficient (Wildman–Crippen LogP) is 3.14. The Kier molecular flexibility index (Phi) is 4.49. The van der Waals surface area contributed by atoms with E-state index in [2.05, 4.69) is 15.9 Å². The lowest BCUT2D eigenvalue weighted by Gasteiger charge is -2.17. The van der Waals surface area contributed by atoms with E-state index in [1.807, 2.05) is 25.3 Å². The van der Waals surface area contributed by atoms with Crippen LogP contribution >= 0.6 is 27.3 Å². The van der Waals surface area contributed by atoms with Crippen molar-refractivity contribution in [3.63, 3.8) is 0 Å². The third kappa shape index (κ3) is 4.91. The van der Waals surface area contributed by atoms with E-state index < -0.39 is 0 Å². The van der Waals surface area contributed by atoms with Gasteiger partial charge in [-0.3, -0.25) is 4.79 Å². The summed E-state index contributed by atoms with van der Waals surface area (Å²) in [6.45, 7) is 3.89. The lowest BCUT2D eigenvalue weighted by atomic mass is 9.97. The van der Waals surface area contributed by atoms with Gasteiger partial charge in [-0.25, -0.2) is 0 Å². The van der Waals surface area contributed by atoms with E-state index in [1.165, 1.54) is 0 Å². The van der Waals surface area contributed by atoms with Gasteiger partial charge in [0.15, 0.2) is 0 Å². The molecule has 2 N–H and O–H groups in total. The summed E-state index contributed by atoms with van der Waals surface area (Å²) in [6, 6.07) is 1.97. The third-order valence-corrected chi connectivity index (χ3v) is 4.02. The molecule has 0 aromatic carbocycles. The Labute approximate surface area is 103 Å². The minimum Gasteiger partial charge on any atom is -0.326 e. The normalized spacial score (nSPS) is 11.7. The first kappa shape index (κ1) is 12.9. The van der Waals surface area contributed by atoms with Gasteiger partial charge in [0.2, 0.25) is 0 Å². The molecule has 0 fully saturated rings. The van der Waals surface area contributed by atoms with Crippen molar-refractivity contribution < 1.29 is 4.79 Å². The summed E-state index contributed by atoms with van der Waals surface area (Å²) in [5.41, 5.74) is 5.58. The van der Waals surface area contributed by atoms with Gasteiger partial charge >= 0.3 is 0 Å². The molecule has 0 saturated heterocycles. The highest BCUT2D eigenvalue weighted by atomic mass is 79.9. The van der Waals surface area contributed by atoms with Crippen molar-refractivity contribution in [3.8, 4) is 0 Å². The summed E-state index contributed by atoms with van der Waals surface area (Å²) in [7, 11) is 0. The number of hydrogen-bond donors (Lipinski definition) is 1. The van der Waals surface area contributed by atoms with Crippen molar-refractivity contribution in [3.05, 3.63) is 20.8 Å². The Morgan fingerprint density at radius 2 is 2.27 bits per heavy atom. The number of Topliss-reactive ketones (excluding diaryl/α,β-unsaturated/α-hetero) is 1. The van der Waals surface area contributed by atoms with Gasteiger partial charge in [0.25, 0.3) is 0 Å². The number of nitrogens with two attached hydrogens (primary N) is 1. The van der Waals surface area contributed by atoms with Crippen molar-refractivity contribution in [2.75, 3.05) is 0 Å². The molecule has 1 aromatic rings. The molecule has 0 aliphatic rings. The Hall–Kier alpha value is -0.190. The highest BCUT2D eigenvalue weighted by molar-refractivity contribution is 9.10. The lowest BCUT2D eigenvalue weighted by Crippen LogP contribution is -2.32. The van der Waals surface area contributed by atoms with Gasteiger partial charge in [0.05, 0.1) is 0 Å². The number of thiophene rings is 1. The van der Waals surface area contributed by atoms with E-state index in [-0.39, 0.29) is 11.3 Å². The number of ketones is 1. The first-order valence-electron chi connectivity index (χ1n) is 4.91. The fraction of sp³-hybridized carbons (Fsp3) is 0.545. The van der Waals surface area contributed by atoms with Crippen LogP contribution in [0.5, 0.6) is 0 Å². The molecule has 0 radical (unpaired) electrons. The molecule has 2 nitrogen and oxygen atoms in total. The Balaban J connectivity index is 2.41.